The molecule has 30 heavy (non-hydrogen) atoms. The highest BCUT2D eigenvalue weighted by Crippen LogP contribution is 2.53. The van der Waals surface area contributed by atoms with Gasteiger partial charge >= 0.3 is 0 Å². The smallest absolute Gasteiger partial charge is 0.195 e. The van der Waals surface area contributed by atoms with E-state index in [1.165, 1.54) is 0 Å². The van der Waals surface area contributed by atoms with Gasteiger partial charge in [-0.15, -0.1) is 0 Å². The van der Waals surface area contributed by atoms with Gasteiger partial charge in [-0.25, -0.2) is 0 Å². The SMILES string of the molecule is O=CC[C@@H]1C(c2ccccc2)=CC[C@@]2(c3ccccc3)C(=O)c3cc(Br)ccc3N12. The quantitative estimate of drug-likeness (QED) is 0.465. The van der Waals surface area contributed by atoms with Crippen molar-refractivity contribution in [2.75, 3.05) is 4.90 Å². The van der Waals surface area contributed by atoms with Gasteiger partial charge < -0.3 is 9.69 Å². The molecule has 0 saturated heterocycles. The number of ketones is 1. The van der Waals surface area contributed by atoms with Gasteiger partial charge in [-0.05, 0) is 34.9 Å². The molecule has 0 saturated carbocycles. The topological polar surface area (TPSA) is 37.4 Å². The molecule has 2 atom stereocenters. The highest BCUT2D eigenvalue weighted by molar-refractivity contribution is 9.10. The summed E-state index contributed by atoms with van der Waals surface area (Å²) < 4.78 is 0.876. The third-order valence-corrected chi connectivity index (χ3v) is 6.71. The lowest BCUT2D eigenvalue weighted by atomic mass is 9.76. The van der Waals surface area contributed by atoms with Gasteiger partial charge in [0.25, 0.3) is 0 Å². The van der Waals surface area contributed by atoms with Crippen molar-refractivity contribution in [2.45, 2.75) is 24.4 Å². The summed E-state index contributed by atoms with van der Waals surface area (Å²) in [5.41, 5.74) is 3.90. The van der Waals surface area contributed by atoms with E-state index in [9.17, 15) is 9.59 Å². The fraction of sp³-hybridized carbons (Fsp3) is 0.154. The number of hydrogen-bond acceptors (Lipinski definition) is 3. The summed E-state index contributed by atoms with van der Waals surface area (Å²) in [5, 5.41) is 0. The Morgan fingerprint density at radius 1 is 1.00 bits per heavy atom. The summed E-state index contributed by atoms with van der Waals surface area (Å²) in [6.07, 6.45) is 4.00. The van der Waals surface area contributed by atoms with E-state index in [1.807, 2.05) is 66.7 Å². The lowest BCUT2D eigenvalue weighted by Gasteiger charge is -2.47. The number of halogens is 1. The summed E-state index contributed by atoms with van der Waals surface area (Å²) >= 11 is 3.52. The molecule has 2 aliphatic rings. The van der Waals surface area contributed by atoms with Gasteiger partial charge in [-0.1, -0.05) is 82.7 Å². The Morgan fingerprint density at radius 3 is 2.40 bits per heavy atom. The molecule has 148 valence electrons. The van der Waals surface area contributed by atoms with Gasteiger partial charge in [-0.3, -0.25) is 4.79 Å². The van der Waals surface area contributed by atoms with Crippen LogP contribution in [-0.4, -0.2) is 18.1 Å². The lowest BCUT2D eigenvalue weighted by Crippen LogP contribution is -2.55. The average Bonchev–Trinajstić information content (AvgIpc) is 3.04. The fourth-order valence-electron chi connectivity index (χ4n) is 4.96. The summed E-state index contributed by atoms with van der Waals surface area (Å²) in [5.74, 6) is 0.0873. The first kappa shape index (κ1) is 19.0. The van der Waals surface area contributed by atoms with Crippen molar-refractivity contribution < 1.29 is 9.59 Å². The van der Waals surface area contributed by atoms with Crippen LogP contribution in [0.3, 0.4) is 0 Å². The monoisotopic (exact) mass is 457 g/mol. The third kappa shape index (κ3) is 2.71. The van der Waals surface area contributed by atoms with E-state index < -0.39 is 5.54 Å². The van der Waals surface area contributed by atoms with Gasteiger partial charge in [0.05, 0.1) is 6.04 Å². The molecule has 0 radical (unpaired) electrons. The van der Waals surface area contributed by atoms with Gasteiger partial charge in [0.1, 0.15) is 11.8 Å². The predicted molar refractivity (Wildman–Crippen MR) is 123 cm³/mol. The van der Waals surface area contributed by atoms with Crippen molar-refractivity contribution in [3.63, 3.8) is 0 Å². The molecule has 0 fully saturated rings. The Hall–Kier alpha value is -2.98. The summed E-state index contributed by atoms with van der Waals surface area (Å²) in [6.45, 7) is 0. The van der Waals surface area contributed by atoms with Crippen LogP contribution in [0.2, 0.25) is 0 Å². The number of hydrogen-bond donors (Lipinski definition) is 0. The summed E-state index contributed by atoms with van der Waals surface area (Å²) in [4.78, 5) is 27.9. The highest BCUT2D eigenvalue weighted by atomic mass is 79.9. The molecule has 0 spiro atoms. The minimum atomic E-state index is -0.837. The Bertz CT molecular complexity index is 1160. The Labute approximate surface area is 184 Å². The molecule has 4 heteroatoms. The standard InChI is InChI=1S/C26H20BrNO2/c27-20-11-12-23-22(17-20)25(30)26(19-9-5-2-6-10-19)15-13-21(18-7-3-1-4-8-18)24(14-16-29)28(23)26/h1-13,16-17,24H,14-15H2/t24-,26-/m1/s1. The Morgan fingerprint density at radius 2 is 1.70 bits per heavy atom. The van der Waals surface area contributed by atoms with Crippen LogP contribution in [0.4, 0.5) is 5.69 Å². The Balaban J connectivity index is 1.78. The molecular weight excluding hydrogens is 438 g/mol. The van der Waals surface area contributed by atoms with Crippen LogP contribution >= 0.6 is 15.9 Å². The molecule has 0 amide bonds. The predicted octanol–water partition coefficient (Wildman–Crippen LogP) is 5.79. The molecular formula is C26H20BrNO2. The number of fused-ring (bicyclic) bond motifs is 3. The highest BCUT2D eigenvalue weighted by Gasteiger charge is 2.56. The van der Waals surface area contributed by atoms with Crippen LogP contribution in [-0.2, 0) is 10.3 Å². The fourth-order valence-corrected chi connectivity index (χ4v) is 5.32. The average molecular weight is 458 g/mol. The number of anilines is 1. The first-order valence-corrected chi connectivity index (χ1v) is 10.8. The van der Waals surface area contributed by atoms with E-state index in [2.05, 4.69) is 39.0 Å². The van der Waals surface area contributed by atoms with E-state index >= 15 is 0 Å². The van der Waals surface area contributed by atoms with Crippen LogP contribution < -0.4 is 4.90 Å². The van der Waals surface area contributed by atoms with E-state index in [1.54, 1.807) is 0 Å². The first-order valence-electron chi connectivity index (χ1n) is 10.0. The minimum Gasteiger partial charge on any atom is -0.346 e. The van der Waals surface area contributed by atoms with Gasteiger partial charge in [-0.2, -0.15) is 0 Å². The molecule has 0 N–H and O–H groups in total. The van der Waals surface area contributed by atoms with Gasteiger partial charge in [0, 0.05) is 28.6 Å². The Kier molecular flexibility index (Phi) is 4.67. The molecule has 2 heterocycles. The molecule has 2 aliphatic heterocycles. The van der Waals surface area contributed by atoms with Crippen molar-refractivity contribution >= 4 is 39.3 Å². The zero-order valence-electron chi connectivity index (χ0n) is 16.3. The second kappa shape index (κ2) is 7.37. The summed E-state index contributed by atoms with van der Waals surface area (Å²) in [7, 11) is 0. The van der Waals surface area contributed by atoms with Crippen LogP contribution in [0.1, 0.15) is 34.3 Å². The number of carbonyl (C=O) groups is 2. The zero-order chi connectivity index (χ0) is 20.7. The summed E-state index contributed by atoms with van der Waals surface area (Å²) in [6, 6.07) is 25.7. The number of aldehydes is 1. The normalized spacial score (nSPS) is 22.3. The number of rotatable bonds is 4. The zero-order valence-corrected chi connectivity index (χ0v) is 17.9. The number of benzene rings is 3. The number of nitrogens with zero attached hydrogens (tertiary/aromatic N) is 1. The van der Waals surface area contributed by atoms with Crippen LogP contribution in [0.25, 0.3) is 5.57 Å². The third-order valence-electron chi connectivity index (χ3n) is 6.22. The van der Waals surface area contributed by atoms with E-state index in [-0.39, 0.29) is 11.8 Å². The minimum absolute atomic E-state index is 0.0873. The molecule has 3 nitrogen and oxygen atoms in total. The lowest BCUT2D eigenvalue weighted by molar-refractivity contribution is -0.108. The number of carbonyl (C=O) groups excluding carboxylic acids is 2. The van der Waals surface area contributed by atoms with Gasteiger partial charge in [0.2, 0.25) is 0 Å². The van der Waals surface area contributed by atoms with Crippen LogP contribution in [0.15, 0.2) is 89.4 Å². The maximum absolute atomic E-state index is 13.9. The molecule has 0 aliphatic carbocycles. The molecule has 0 unspecified atom stereocenters. The van der Waals surface area contributed by atoms with Crippen molar-refractivity contribution in [2.24, 2.45) is 0 Å². The largest absolute Gasteiger partial charge is 0.346 e. The molecule has 3 aromatic carbocycles. The van der Waals surface area contributed by atoms with Crippen LogP contribution in [0, 0.1) is 0 Å². The molecule has 3 aromatic rings. The van der Waals surface area contributed by atoms with Crippen molar-refractivity contribution in [3.8, 4) is 0 Å². The second-order valence-corrected chi connectivity index (χ2v) is 8.65. The maximum atomic E-state index is 13.9. The van der Waals surface area contributed by atoms with Crippen molar-refractivity contribution in [3.05, 3.63) is 106 Å². The second-order valence-electron chi connectivity index (χ2n) is 7.73. The molecule has 0 bridgehead atoms. The van der Waals surface area contributed by atoms with E-state index in [0.717, 1.165) is 33.1 Å². The molecule has 0 aromatic heterocycles. The van der Waals surface area contributed by atoms with Crippen molar-refractivity contribution in [1.82, 2.24) is 0 Å². The van der Waals surface area contributed by atoms with E-state index in [4.69, 9.17) is 0 Å². The van der Waals surface area contributed by atoms with Crippen LogP contribution in [0.5, 0.6) is 0 Å². The van der Waals surface area contributed by atoms with Gasteiger partial charge in [0.15, 0.2) is 5.78 Å². The van der Waals surface area contributed by atoms with Crippen molar-refractivity contribution in [1.29, 1.82) is 0 Å². The van der Waals surface area contributed by atoms with E-state index in [0.29, 0.717) is 18.4 Å². The maximum Gasteiger partial charge on any atom is 0.195 e. The first-order chi connectivity index (χ1) is 14.7. The molecule has 5 rings (SSSR count). The number of Topliss-reactive ketones (excluding diaryl/α,β-unsaturated/α-hetero) is 1.